The molecule has 102 valence electrons. The Bertz CT molecular complexity index is 553. The summed E-state index contributed by atoms with van der Waals surface area (Å²) in [5.41, 5.74) is 10.8. The van der Waals surface area contributed by atoms with E-state index in [0.29, 0.717) is 0 Å². The fourth-order valence-electron chi connectivity index (χ4n) is 1.99. The predicted molar refractivity (Wildman–Crippen MR) is 79.4 cm³/mol. The summed E-state index contributed by atoms with van der Waals surface area (Å²) in [6, 6.07) is 5.84. The van der Waals surface area contributed by atoms with Gasteiger partial charge < -0.3 is 10.5 Å². The molecule has 1 aromatic carbocycles. The highest BCUT2D eigenvalue weighted by atomic mass is 32.1. The summed E-state index contributed by atoms with van der Waals surface area (Å²) in [5, 5.41) is 0. The number of methoxy groups -OCH3 is 1. The maximum Gasteiger partial charge on any atom is 0.121 e. The third kappa shape index (κ3) is 3.68. The number of ether oxygens (including phenoxy) is 1. The van der Waals surface area contributed by atoms with E-state index in [0.717, 1.165) is 35.8 Å². The van der Waals surface area contributed by atoms with Crippen molar-refractivity contribution in [2.75, 3.05) is 19.9 Å². The summed E-state index contributed by atoms with van der Waals surface area (Å²) in [6.07, 6.45) is 0. The molecular formula is C14H19N3OS. The van der Waals surface area contributed by atoms with E-state index in [1.165, 1.54) is 4.88 Å². The zero-order valence-corrected chi connectivity index (χ0v) is 12.3. The largest absolute Gasteiger partial charge is 0.497 e. The Kier molecular flexibility index (Phi) is 4.39. The first-order valence-electron chi connectivity index (χ1n) is 6.09. The molecule has 0 radical (unpaired) electrons. The first-order chi connectivity index (χ1) is 9.08. The Morgan fingerprint density at radius 3 is 2.74 bits per heavy atom. The molecule has 0 saturated heterocycles. The molecule has 0 fully saturated rings. The first-order valence-corrected chi connectivity index (χ1v) is 6.97. The molecule has 0 saturated carbocycles. The van der Waals surface area contributed by atoms with Crippen molar-refractivity contribution < 1.29 is 4.74 Å². The highest BCUT2D eigenvalue weighted by Crippen LogP contribution is 2.21. The normalized spacial score (nSPS) is 10.9. The third-order valence-corrected chi connectivity index (χ3v) is 3.86. The minimum Gasteiger partial charge on any atom is -0.497 e. The second-order valence-electron chi connectivity index (χ2n) is 4.65. The van der Waals surface area contributed by atoms with Gasteiger partial charge in [0.15, 0.2) is 0 Å². The Labute approximate surface area is 117 Å². The summed E-state index contributed by atoms with van der Waals surface area (Å²) in [5.74, 6) is 0.803. The fraction of sp³-hybridized carbons (Fsp3) is 0.357. The number of nitrogens with two attached hydrogens (primary N) is 1. The molecule has 0 aliphatic rings. The van der Waals surface area contributed by atoms with Crippen molar-refractivity contribution in [3.05, 3.63) is 39.8 Å². The molecule has 0 atom stereocenters. The van der Waals surface area contributed by atoms with E-state index >= 15 is 0 Å². The summed E-state index contributed by atoms with van der Waals surface area (Å²) in [7, 11) is 3.75. The van der Waals surface area contributed by atoms with Crippen molar-refractivity contribution in [1.82, 2.24) is 9.88 Å². The molecule has 2 rings (SSSR count). The molecule has 4 nitrogen and oxygen atoms in total. The molecule has 1 heterocycles. The lowest BCUT2D eigenvalue weighted by Gasteiger charge is -2.17. The number of hydrogen-bond donors (Lipinski definition) is 1. The number of rotatable bonds is 5. The molecule has 0 aliphatic heterocycles. The van der Waals surface area contributed by atoms with E-state index in [1.807, 2.05) is 30.6 Å². The van der Waals surface area contributed by atoms with Gasteiger partial charge in [-0.15, -0.1) is 11.3 Å². The lowest BCUT2D eigenvalue weighted by molar-refractivity contribution is 0.320. The SMILES string of the molecule is COc1cc(N)cc(CN(C)Cc2scnc2C)c1. The van der Waals surface area contributed by atoms with Crippen LogP contribution in [0, 0.1) is 6.92 Å². The van der Waals surface area contributed by atoms with Crippen molar-refractivity contribution >= 4 is 17.0 Å². The Hall–Kier alpha value is -1.59. The van der Waals surface area contributed by atoms with Crippen molar-refractivity contribution in [3.63, 3.8) is 0 Å². The van der Waals surface area contributed by atoms with Gasteiger partial charge >= 0.3 is 0 Å². The molecule has 1 aromatic heterocycles. The molecular weight excluding hydrogens is 258 g/mol. The van der Waals surface area contributed by atoms with Gasteiger partial charge in [0.1, 0.15) is 5.75 Å². The molecule has 0 amide bonds. The van der Waals surface area contributed by atoms with Crippen LogP contribution in [0.15, 0.2) is 23.7 Å². The van der Waals surface area contributed by atoms with Crippen LogP contribution in [0.3, 0.4) is 0 Å². The third-order valence-electron chi connectivity index (χ3n) is 2.94. The van der Waals surface area contributed by atoms with E-state index in [9.17, 15) is 0 Å². The quantitative estimate of drug-likeness (QED) is 0.854. The molecule has 2 N–H and O–H groups in total. The summed E-state index contributed by atoms with van der Waals surface area (Å²) in [4.78, 5) is 7.82. The van der Waals surface area contributed by atoms with Gasteiger partial charge in [-0.25, -0.2) is 4.98 Å². The lowest BCUT2D eigenvalue weighted by Crippen LogP contribution is -2.17. The number of nitrogen functional groups attached to an aromatic ring is 1. The van der Waals surface area contributed by atoms with Crippen molar-refractivity contribution in [2.45, 2.75) is 20.0 Å². The smallest absolute Gasteiger partial charge is 0.121 e. The Balaban J connectivity index is 2.04. The summed E-state index contributed by atoms with van der Waals surface area (Å²) >= 11 is 1.70. The average Bonchev–Trinajstić information content (AvgIpc) is 2.74. The zero-order valence-electron chi connectivity index (χ0n) is 11.5. The van der Waals surface area contributed by atoms with Gasteiger partial charge in [0, 0.05) is 29.7 Å². The van der Waals surface area contributed by atoms with Crippen LogP contribution in [0.5, 0.6) is 5.75 Å². The monoisotopic (exact) mass is 277 g/mol. The molecule has 0 aliphatic carbocycles. The number of aromatic nitrogens is 1. The summed E-state index contributed by atoms with van der Waals surface area (Å²) in [6.45, 7) is 3.77. The molecule has 0 spiro atoms. The van der Waals surface area contributed by atoms with Crippen molar-refractivity contribution in [2.24, 2.45) is 0 Å². The van der Waals surface area contributed by atoms with Crippen molar-refractivity contribution in [3.8, 4) is 5.75 Å². The van der Waals surface area contributed by atoms with E-state index in [1.54, 1.807) is 18.4 Å². The fourth-order valence-corrected chi connectivity index (χ4v) is 2.84. The molecule has 5 heteroatoms. The van der Waals surface area contributed by atoms with Crippen LogP contribution in [-0.4, -0.2) is 24.0 Å². The minimum atomic E-state index is 0.733. The maximum atomic E-state index is 5.86. The highest BCUT2D eigenvalue weighted by molar-refractivity contribution is 7.09. The van der Waals surface area contributed by atoms with Crippen LogP contribution >= 0.6 is 11.3 Å². The molecule has 0 unspecified atom stereocenters. The van der Waals surface area contributed by atoms with Gasteiger partial charge in [-0.2, -0.15) is 0 Å². The zero-order chi connectivity index (χ0) is 13.8. The first kappa shape index (κ1) is 13.8. The highest BCUT2D eigenvalue weighted by Gasteiger charge is 2.07. The van der Waals surface area contributed by atoms with Gasteiger partial charge in [0.05, 0.1) is 18.3 Å². The number of nitrogens with zero attached hydrogens (tertiary/aromatic N) is 2. The van der Waals surface area contributed by atoms with E-state index < -0.39 is 0 Å². The second kappa shape index (κ2) is 6.04. The second-order valence-corrected chi connectivity index (χ2v) is 5.59. The molecule has 0 bridgehead atoms. The number of thiazole rings is 1. The predicted octanol–water partition coefficient (Wildman–Crippen LogP) is 2.67. The topological polar surface area (TPSA) is 51.4 Å². The Morgan fingerprint density at radius 2 is 2.11 bits per heavy atom. The van der Waals surface area contributed by atoms with Crippen LogP contribution in [-0.2, 0) is 13.1 Å². The number of benzene rings is 1. The van der Waals surface area contributed by atoms with Gasteiger partial charge in [-0.05, 0) is 31.7 Å². The molecule has 2 aromatic rings. The maximum absolute atomic E-state index is 5.86. The van der Waals surface area contributed by atoms with Crippen LogP contribution < -0.4 is 10.5 Å². The molecule has 19 heavy (non-hydrogen) atoms. The van der Waals surface area contributed by atoms with E-state index in [-0.39, 0.29) is 0 Å². The van der Waals surface area contributed by atoms with E-state index in [4.69, 9.17) is 10.5 Å². The van der Waals surface area contributed by atoms with Gasteiger partial charge in [-0.1, -0.05) is 0 Å². The number of aryl methyl sites for hydroxylation is 1. The van der Waals surface area contributed by atoms with Crippen LogP contribution in [0.25, 0.3) is 0 Å². The van der Waals surface area contributed by atoms with Crippen molar-refractivity contribution in [1.29, 1.82) is 0 Å². The van der Waals surface area contributed by atoms with Gasteiger partial charge in [0.25, 0.3) is 0 Å². The van der Waals surface area contributed by atoms with E-state index in [2.05, 4.69) is 16.9 Å². The lowest BCUT2D eigenvalue weighted by atomic mass is 10.1. The minimum absolute atomic E-state index is 0.733. The van der Waals surface area contributed by atoms with Gasteiger partial charge in [-0.3, -0.25) is 4.90 Å². The van der Waals surface area contributed by atoms with Gasteiger partial charge in [0.2, 0.25) is 0 Å². The average molecular weight is 277 g/mol. The number of hydrogen-bond acceptors (Lipinski definition) is 5. The number of anilines is 1. The van der Waals surface area contributed by atoms with Crippen LogP contribution in [0.4, 0.5) is 5.69 Å². The summed E-state index contributed by atoms with van der Waals surface area (Å²) < 4.78 is 5.24. The van der Waals surface area contributed by atoms with Crippen LogP contribution in [0.1, 0.15) is 16.1 Å². The Morgan fingerprint density at radius 1 is 1.32 bits per heavy atom. The standard InChI is InChI=1S/C14H19N3OS/c1-10-14(19-9-16-10)8-17(2)7-11-4-12(15)6-13(5-11)18-3/h4-6,9H,7-8,15H2,1-3H3. The van der Waals surface area contributed by atoms with Crippen LogP contribution in [0.2, 0.25) is 0 Å².